The van der Waals surface area contributed by atoms with Gasteiger partial charge in [-0.2, -0.15) is 0 Å². The maximum atomic E-state index is 5.63. The molecule has 1 aromatic carbocycles. The summed E-state index contributed by atoms with van der Waals surface area (Å²) in [4.78, 5) is 7.21. The minimum atomic E-state index is 0.402. The standard InChI is InChI=1S/C12H15N3O2/c1-7-11(15-12(13)14-7)8-4-9(16-2)6-10(5-8)17-3/h4-6H,1-3H3,(H3,13,14,15). The van der Waals surface area contributed by atoms with Gasteiger partial charge in [-0.15, -0.1) is 0 Å². The van der Waals surface area contributed by atoms with Crippen LogP contribution in [-0.2, 0) is 0 Å². The number of hydrogen-bond donors (Lipinski definition) is 2. The van der Waals surface area contributed by atoms with Gasteiger partial charge in [-0.05, 0) is 19.1 Å². The van der Waals surface area contributed by atoms with Crippen LogP contribution in [0.3, 0.4) is 0 Å². The van der Waals surface area contributed by atoms with Crippen molar-refractivity contribution in [2.45, 2.75) is 6.92 Å². The van der Waals surface area contributed by atoms with E-state index in [0.29, 0.717) is 5.95 Å². The summed E-state index contributed by atoms with van der Waals surface area (Å²) >= 11 is 0. The van der Waals surface area contributed by atoms with E-state index in [1.807, 2.05) is 25.1 Å². The number of aromatic nitrogens is 2. The molecule has 1 aromatic heterocycles. The molecule has 0 aliphatic heterocycles. The molecule has 0 aliphatic carbocycles. The molecule has 2 aromatic rings. The molecule has 1 heterocycles. The van der Waals surface area contributed by atoms with Gasteiger partial charge in [-0.1, -0.05) is 0 Å². The molecule has 0 amide bonds. The first-order chi connectivity index (χ1) is 8.13. The molecule has 0 bridgehead atoms. The third kappa shape index (κ3) is 2.18. The SMILES string of the molecule is COc1cc(OC)cc(-c2nc(N)[nH]c2C)c1. The van der Waals surface area contributed by atoms with Gasteiger partial charge in [0.25, 0.3) is 0 Å². The van der Waals surface area contributed by atoms with Gasteiger partial charge in [-0.25, -0.2) is 4.98 Å². The second-order valence-electron chi connectivity index (χ2n) is 3.70. The van der Waals surface area contributed by atoms with Crippen LogP contribution in [0.2, 0.25) is 0 Å². The molecule has 0 aliphatic rings. The van der Waals surface area contributed by atoms with E-state index in [9.17, 15) is 0 Å². The number of methoxy groups -OCH3 is 2. The van der Waals surface area contributed by atoms with Gasteiger partial charge >= 0.3 is 0 Å². The first kappa shape index (κ1) is 11.3. The van der Waals surface area contributed by atoms with Crippen LogP contribution in [0.4, 0.5) is 5.95 Å². The Kier molecular flexibility index (Phi) is 2.91. The Labute approximate surface area is 99.6 Å². The number of ether oxygens (including phenoxy) is 2. The van der Waals surface area contributed by atoms with Crippen molar-refractivity contribution < 1.29 is 9.47 Å². The highest BCUT2D eigenvalue weighted by molar-refractivity contribution is 5.67. The normalized spacial score (nSPS) is 10.3. The topological polar surface area (TPSA) is 73.2 Å². The number of nitrogens with one attached hydrogen (secondary N) is 1. The second-order valence-corrected chi connectivity index (χ2v) is 3.70. The fourth-order valence-corrected chi connectivity index (χ4v) is 1.71. The second kappa shape index (κ2) is 4.37. The summed E-state index contributed by atoms with van der Waals surface area (Å²) in [6.45, 7) is 1.92. The highest BCUT2D eigenvalue weighted by Gasteiger charge is 2.10. The fraction of sp³-hybridized carbons (Fsp3) is 0.250. The van der Waals surface area contributed by atoms with Crippen molar-refractivity contribution in [2.24, 2.45) is 0 Å². The van der Waals surface area contributed by atoms with Gasteiger partial charge in [0, 0.05) is 17.3 Å². The van der Waals surface area contributed by atoms with E-state index < -0.39 is 0 Å². The van der Waals surface area contributed by atoms with Gasteiger partial charge in [0.1, 0.15) is 11.5 Å². The van der Waals surface area contributed by atoms with Crippen LogP contribution in [-0.4, -0.2) is 24.2 Å². The van der Waals surface area contributed by atoms with Gasteiger partial charge in [0.05, 0.1) is 19.9 Å². The highest BCUT2D eigenvalue weighted by atomic mass is 16.5. The Morgan fingerprint density at radius 3 is 2.12 bits per heavy atom. The molecule has 5 nitrogen and oxygen atoms in total. The minimum Gasteiger partial charge on any atom is -0.497 e. The lowest BCUT2D eigenvalue weighted by Gasteiger charge is -2.07. The molecule has 0 unspecified atom stereocenters. The van der Waals surface area contributed by atoms with E-state index in [2.05, 4.69) is 9.97 Å². The van der Waals surface area contributed by atoms with Crippen molar-refractivity contribution in [3.8, 4) is 22.8 Å². The molecule has 5 heteroatoms. The summed E-state index contributed by atoms with van der Waals surface area (Å²) in [5, 5.41) is 0. The zero-order chi connectivity index (χ0) is 12.4. The molecular formula is C12H15N3O2. The maximum Gasteiger partial charge on any atom is 0.198 e. The number of aryl methyl sites for hydroxylation is 1. The van der Waals surface area contributed by atoms with Crippen molar-refractivity contribution in [3.63, 3.8) is 0 Å². The molecule has 0 radical (unpaired) electrons. The number of nitrogens with zero attached hydrogens (tertiary/aromatic N) is 1. The number of rotatable bonds is 3. The number of benzene rings is 1. The number of nitrogen functional groups attached to an aromatic ring is 1. The molecule has 0 saturated carbocycles. The van der Waals surface area contributed by atoms with Crippen LogP contribution < -0.4 is 15.2 Å². The molecule has 2 rings (SSSR count). The third-order valence-corrected chi connectivity index (χ3v) is 2.53. The number of aromatic amines is 1. The summed E-state index contributed by atoms with van der Waals surface area (Å²) in [5.41, 5.74) is 8.26. The van der Waals surface area contributed by atoms with Crippen LogP contribution in [0, 0.1) is 6.92 Å². The van der Waals surface area contributed by atoms with Crippen molar-refractivity contribution in [3.05, 3.63) is 23.9 Å². The fourth-order valence-electron chi connectivity index (χ4n) is 1.71. The summed E-state index contributed by atoms with van der Waals surface area (Å²) in [7, 11) is 3.23. The van der Waals surface area contributed by atoms with Crippen molar-refractivity contribution in [2.75, 3.05) is 20.0 Å². The van der Waals surface area contributed by atoms with E-state index in [0.717, 1.165) is 28.5 Å². The quantitative estimate of drug-likeness (QED) is 0.850. The van der Waals surface area contributed by atoms with Crippen molar-refractivity contribution in [1.29, 1.82) is 0 Å². The first-order valence-corrected chi connectivity index (χ1v) is 5.19. The third-order valence-electron chi connectivity index (χ3n) is 2.53. The average molecular weight is 233 g/mol. The molecular weight excluding hydrogens is 218 g/mol. The van der Waals surface area contributed by atoms with Gasteiger partial charge in [-0.3, -0.25) is 0 Å². The maximum absolute atomic E-state index is 5.63. The van der Waals surface area contributed by atoms with Crippen LogP contribution in [0.25, 0.3) is 11.3 Å². The molecule has 17 heavy (non-hydrogen) atoms. The van der Waals surface area contributed by atoms with E-state index in [-0.39, 0.29) is 0 Å². The van der Waals surface area contributed by atoms with Crippen LogP contribution >= 0.6 is 0 Å². The largest absolute Gasteiger partial charge is 0.497 e. The lowest BCUT2D eigenvalue weighted by atomic mass is 10.1. The van der Waals surface area contributed by atoms with E-state index in [4.69, 9.17) is 15.2 Å². The van der Waals surface area contributed by atoms with Crippen LogP contribution in [0.15, 0.2) is 18.2 Å². The summed E-state index contributed by atoms with van der Waals surface area (Å²) < 4.78 is 10.4. The summed E-state index contributed by atoms with van der Waals surface area (Å²) in [6.07, 6.45) is 0. The molecule has 0 fully saturated rings. The van der Waals surface area contributed by atoms with Gasteiger partial charge in [0.15, 0.2) is 5.95 Å². The Morgan fingerprint density at radius 1 is 1.12 bits per heavy atom. The lowest BCUT2D eigenvalue weighted by Crippen LogP contribution is -1.90. The molecule has 0 saturated heterocycles. The smallest absolute Gasteiger partial charge is 0.198 e. The predicted octanol–water partition coefficient (Wildman–Crippen LogP) is 1.98. The van der Waals surface area contributed by atoms with E-state index in [1.54, 1.807) is 14.2 Å². The van der Waals surface area contributed by atoms with Crippen molar-refractivity contribution in [1.82, 2.24) is 9.97 Å². The van der Waals surface area contributed by atoms with Gasteiger partial charge < -0.3 is 20.2 Å². The Morgan fingerprint density at radius 2 is 1.71 bits per heavy atom. The highest BCUT2D eigenvalue weighted by Crippen LogP contribution is 2.30. The number of hydrogen-bond acceptors (Lipinski definition) is 4. The number of imidazole rings is 1. The van der Waals surface area contributed by atoms with Gasteiger partial charge in [0.2, 0.25) is 0 Å². The van der Waals surface area contributed by atoms with Crippen LogP contribution in [0.1, 0.15) is 5.69 Å². The first-order valence-electron chi connectivity index (χ1n) is 5.19. The molecule has 0 atom stereocenters. The molecule has 0 spiro atoms. The molecule has 3 N–H and O–H groups in total. The monoisotopic (exact) mass is 233 g/mol. The Bertz CT molecular complexity index is 512. The van der Waals surface area contributed by atoms with Crippen LogP contribution in [0.5, 0.6) is 11.5 Å². The zero-order valence-corrected chi connectivity index (χ0v) is 10.1. The van der Waals surface area contributed by atoms with E-state index >= 15 is 0 Å². The average Bonchev–Trinajstić information content (AvgIpc) is 2.67. The Balaban J connectivity index is 2.54. The summed E-state index contributed by atoms with van der Waals surface area (Å²) in [5.74, 6) is 1.85. The Hall–Kier alpha value is -2.17. The summed E-state index contributed by atoms with van der Waals surface area (Å²) in [6, 6.07) is 5.60. The minimum absolute atomic E-state index is 0.402. The number of H-pyrrole nitrogens is 1. The van der Waals surface area contributed by atoms with E-state index in [1.165, 1.54) is 0 Å². The number of nitrogens with two attached hydrogens (primary N) is 1. The predicted molar refractivity (Wildman–Crippen MR) is 66.3 cm³/mol. The zero-order valence-electron chi connectivity index (χ0n) is 10.1. The van der Waals surface area contributed by atoms with Crippen molar-refractivity contribution >= 4 is 5.95 Å². The molecule has 90 valence electrons. The lowest BCUT2D eigenvalue weighted by molar-refractivity contribution is 0.394. The number of anilines is 1.